The zero-order valence-electron chi connectivity index (χ0n) is 12.2. The van der Waals surface area contributed by atoms with Crippen LogP contribution in [0.1, 0.15) is 27.2 Å². The summed E-state index contributed by atoms with van der Waals surface area (Å²) in [6, 6.07) is 3.65. The van der Waals surface area contributed by atoms with Gasteiger partial charge in [-0.2, -0.15) is 0 Å². The minimum atomic E-state index is -0.676. The number of rotatable bonds is 1. The number of nitrogens with zero attached hydrogens (tertiary/aromatic N) is 2. The molecule has 1 atom stereocenters. The Labute approximate surface area is 140 Å². The van der Waals surface area contributed by atoms with Gasteiger partial charge in [0.2, 0.25) is 5.91 Å². The molecule has 1 spiro atoms. The standard InChI is InChI=1S/C16H12BrN3O3/c1-23-14(21)12-2-8-4-16(5-9(8)6-18-12)11-3-10(17)7-19-13(11)20-15(16)22/h2-3,6-7H,4-5H2,1H3,(H,19,20,22)/t16-/m0/s1. The lowest BCUT2D eigenvalue weighted by molar-refractivity contribution is -0.120. The first kappa shape index (κ1) is 14.3. The Hall–Kier alpha value is -2.28. The number of esters is 1. The van der Waals surface area contributed by atoms with Crippen LogP contribution < -0.4 is 5.32 Å². The molecular formula is C16H12BrN3O3. The fraction of sp³-hybridized carbons (Fsp3) is 0.250. The maximum atomic E-state index is 12.6. The first-order chi connectivity index (χ1) is 11.0. The van der Waals surface area contributed by atoms with Crippen molar-refractivity contribution in [3.05, 3.63) is 51.4 Å². The predicted octanol–water partition coefficient (Wildman–Crippen LogP) is 2.01. The lowest BCUT2D eigenvalue weighted by Crippen LogP contribution is -2.35. The van der Waals surface area contributed by atoms with Gasteiger partial charge in [0, 0.05) is 22.4 Å². The topological polar surface area (TPSA) is 81.2 Å². The van der Waals surface area contributed by atoms with Crippen molar-refractivity contribution in [3.63, 3.8) is 0 Å². The van der Waals surface area contributed by atoms with Crippen LogP contribution in [0, 0.1) is 0 Å². The molecule has 0 saturated heterocycles. The third-order valence-corrected chi connectivity index (χ3v) is 4.93. The molecule has 2 aliphatic rings. The highest BCUT2D eigenvalue weighted by Gasteiger charge is 2.51. The summed E-state index contributed by atoms with van der Waals surface area (Å²) in [5.41, 5.74) is 2.39. The molecule has 1 N–H and O–H groups in total. The number of methoxy groups -OCH3 is 1. The largest absolute Gasteiger partial charge is 0.464 e. The van der Waals surface area contributed by atoms with Crippen molar-refractivity contribution in [2.24, 2.45) is 0 Å². The maximum Gasteiger partial charge on any atom is 0.356 e. The summed E-state index contributed by atoms with van der Waals surface area (Å²) in [6.45, 7) is 0. The van der Waals surface area contributed by atoms with Crippen LogP contribution in [0.25, 0.3) is 0 Å². The van der Waals surface area contributed by atoms with Crippen molar-refractivity contribution in [3.8, 4) is 0 Å². The fourth-order valence-electron chi connectivity index (χ4n) is 3.38. The monoisotopic (exact) mass is 373 g/mol. The van der Waals surface area contributed by atoms with E-state index in [1.807, 2.05) is 6.07 Å². The summed E-state index contributed by atoms with van der Waals surface area (Å²) < 4.78 is 5.54. The minimum absolute atomic E-state index is 0.0612. The Kier molecular flexibility index (Phi) is 3.02. The molecule has 116 valence electrons. The highest BCUT2D eigenvalue weighted by atomic mass is 79.9. The van der Waals surface area contributed by atoms with Crippen LogP contribution in [-0.2, 0) is 27.8 Å². The second-order valence-electron chi connectivity index (χ2n) is 5.77. The second-order valence-corrected chi connectivity index (χ2v) is 6.68. The van der Waals surface area contributed by atoms with Gasteiger partial charge in [0.05, 0.1) is 12.5 Å². The van der Waals surface area contributed by atoms with Crippen molar-refractivity contribution < 1.29 is 14.3 Å². The van der Waals surface area contributed by atoms with Crippen molar-refractivity contribution >= 4 is 33.6 Å². The first-order valence-electron chi connectivity index (χ1n) is 7.07. The van der Waals surface area contributed by atoms with Gasteiger partial charge in [-0.25, -0.2) is 14.8 Å². The number of fused-ring (bicyclic) bond motifs is 3. The fourth-order valence-corrected chi connectivity index (χ4v) is 3.71. The molecule has 1 aliphatic carbocycles. The minimum Gasteiger partial charge on any atom is -0.464 e. The van der Waals surface area contributed by atoms with E-state index in [9.17, 15) is 9.59 Å². The summed E-state index contributed by atoms with van der Waals surface area (Å²) in [5, 5.41) is 2.86. The zero-order chi connectivity index (χ0) is 16.2. The molecule has 7 heteroatoms. The van der Waals surface area contributed by atoms with Crippen LogP contribution in [0.2, 0.25) is 0 Å². The molecule has 1 aliphatic heterocycles. The number of hydrogen-bond acceptors (Lipinski definition) is 5. The van der Waals surface area contributed by atoms with Gasteiger partial charge in [-0.3, -0.25) is 4.79 Å². The Morgan fingerprint density at radius 2 is 2.04 bits per heavy atom. The number of hydrogen-bond donors (Lipinski definition) is 1. The summed E-state index contributed by atoms with van der Waals surface area (Å²) >= 11 is 3.42. The third kappa shape index (κ3) is 1.99. The third-order valence-electron chi connectivity index (χ3n) is 4.50. The summed E-state index contributed by atoms with van der Waals surface area (Å²) in [7, 11) is 1.32. The van der Waals surface area contributed by atoms with Gasteiger partial charge < -0.3 is 10.1 Å². The molecule has 0 saturated carbocycles. The number of carbonyl (C=O) groups is 2. The number of carbonyl (C=O) groups excluding carboxylic acids is 2. The summed E-state index contributed by atoms with van der Waals surface area (Å²) in [6.07, 6.45) is 4.39. The highest BCUT2D eigenvalue weighted by molar-refractivity contribution is 9.10. The molecule has 23 heavy (non-hydrogen) atoms. The molecule has 3 heterocycles. The Morgan fingerprint density at radius 1 is 1.26 bits per heavy atom. The Morgan fingerprint density at radius 3 is 2.83 bits per heavy atom. The normalized spacial score (nSPS) is 21.0. The molecular weight excluding hydrogens is 362 g/mol. The molecule has 0 radical (unpaired) electrons. The van der Waals surface area contributed by atoms with Crippen LogP contribution >= 0.6 is 15.9 Å². The van der Waals surface area contributed by atoms with E-state index in [0.717, 1.165) is 21.2 Å². The molecule has 1 amide bonds. The van der Waals surface area contributed by atoms with Crippen LogP contribution in [0.15, 0.2) is 29.0 Å². The summed E-state index contributed by atoms with van der Waals surface area (Å²) in [4.78, 5) is 32.7. The molecule has 0 bridgehead atoms. The highest BCUT2D eigenvalue weighted by Crippen LogP contribution is 2.47. The van der Waals surface area contributed by atoms with Gasteiger partial charge in [-0.15, -0.1) is 0 Å². The lowest BCUT2D eigenvalue weighted by Gasteiger charge is -2.20. The number of ether oxygens (including phenoxy) is 1. The Bertz CT molecular complexity index is 868. The summed E-state index contributed by atoms with van der Waals surface area (Å²) in [5.74, 6) is 0.0653. The Balaban J connectivity index is 1.80. The van der Waals surface area contributed by atoms with Crippen LogP contribution in [0.5, 0.6) is 0 Å². The van der Waals surface area contributed by atoms with Gasteiger partial charge in [-0.1, -0.05) is 0 Å². The van der Waals surface area contributed by atoms with E-state index in [2.05, 4.69) is 31.2 Å². The lowest BCUT2D eigenvalue weighted by atomic mass is 9.79. The van der Waals surface area contributed by atoms with Crippen molar-refractivity contribution in [1.29, 1.82) is 0 Å². The molecule has 0 aromatic carbocycles. The van der Waals surface area contributed by atoms with Crippen LogP contribution in [0.3, 0.4) is 0 Å². The number of anilines is 1. The molecule has 2 aromatic heterocycles. The van der Waals surface area contributed by atoms with E-state index in [4.69, 9.17) is 4.74 Å². The van der Waals surface area contributed by atoms with Crippen molar-refractivity contribution in [1.82, 2.24) is 9.97 Å². The van der Waals surface area contributed by atoms with Gasteiger partial charge in [0.15, 0.2) is 0 Å². The quantitative estimate of drug-likeness (QED) is 0.773. The van der Waals surface area contributed by atoms with Crippen molar-refractivity contribution in [2.45, 2.75) is 18.3 Å². The van der Waals surface area contributed by atoms with E-state index in [1.165, 1.54) is 7.11 Å². The van der Waals surface area contributed by atoms with E-state index < -0.39 is 11.4 Å². The van der Waals surface area contributed by atoms with Crippen LogP contribution in [-0.4, -0.2) is 29.0 Å². The first-order valence-corrected chi connectivity index (χ1v) is 7.86. The van der Waals surface area contributed by atoms with E-state index in [0.29, 0.717) is 18.7 Å². The SMILES string of the molecule is COC(=O)c1cc2c(cn1)C[C@]1(C2)C(=O)Nc2ncc(Br)cc21. The predicted molar refractivity (Wildman–Crippen MR) is 85.2 cm³/mol. The van der Waals surface area contributed by atoms with E-state index in [-0.39, 0.29) is 11.6 Å². The number of pyridine rings is 2. The smallest absolute Gasteiger partial charge is 0.356 e. The number of halogens is 1. The number of aromatic nitrogens is 2. The van der Waals surface area contributed by atoms with Gasteiger partial charge in [0.25, 0.3) is 0 Å². The molecule has 0 fully saturated rings. The van der Waals surface area contributed by atoms with Gasteiger partial charge >= 0.3 is 5.97 Å². The average Bonchev–Trinajstić information content (AvgIpc) is 3.06. The van der Waals surface area contributed by atoms with Gasteiger partial charge in [0.1, 0.15) is 11.5 Å². The molecule has 6 nitrogen and oxygen atoms in total. The van der Waals surface area contributed by atoms with Crippen molar-refractivity contribution in [2.75, 3.05) is 12.4 Å². The maximum absolute atomic E-state index is 12.6. The van der Waals surface area contributed by atoms with E-state index >= 15 is 0 Å². The molecule has 0 unspecified atom stereocenters. The molecule has 2 aromatic rings. The average molecular weight is 374 g/mol. The van der Waals surface area contributed by atoms with Crippen LogP contribution in [0.4, 0.5) is 5.82 Å². The van der Waals surface area contributed by atoms with Gasteiger partial charge in [-0.05, 0) is 52.0 Å². The second kappa shape index (κ2) is 4.86. The number of nitrogens with one attached hydrogen (secondary N) is 1. The number of amides is 1. The van der Waals surface area contributed by atoms with E-state index in [1.54, 1.807) is 18.5 Å². The zero-order valence-corrected chi connectivity index (χ0v) is 13.8. The molecule has 4 rings (SSSR count).